The van der Waals surface area contributed by atoms with Crippen LogP contribution in [0.4, 0.5) is 26.3 Å². The predicted molar refractivity (Wildman–Crippen MR) is 153 cm³/mol. The standard InChI is InChI=1S/C22H39N5O4S.2C2HF3O2/c23-19(14-20(28)29)21(30)25-22(24)26-10-6-18(7-11-26)31-12-8-16-4-1-2-9-27(16)17-5-3-13-32-15-17;2*3-2(4,5)1(6)7/h16-19H,1-15,23H2,(H,28,29)(H2,24,25,30);2*(H,6,7)/t16-,17+,19+;;/m1../s1. The number of likely N-dealkylation sites (tertiary alicyclic amines) is 2. The van der Waals surface area contributed by atoms with Gasteiger partial charge in [0.15, 0.2) is 5.96 Å². The summed E-state index contributed by atoms with van der Waals surface area (Å²) in [6.45, 7) is 3.28. The van der Waals surface area contributed by atoms with Crippen molar-refractivity contribution in [2.75, 3.05) is 37.7 Å². The molecule has 0 aromatic rings. The second kappa shape index (κ2) is 19.7. The van der Waals surface area contributed by atoms with E-state index >= 15 is 0 Å². The number of thioether (sulfide) groups is 1. The molecule has 20 heteroatoms. The number of carbonyl (C=O) groups excluding carboxylic acids is 1. The molecule has 0 spiro atoms. The number of aliphatic carboxylic acids is 3. The van der Waals surface area contributed by atoms with Crippen molar-refractivity contribution in [3.05, 3.63) is 0 Å². The number of alkyl halides is 6. The first kappa shape index (κ1) is 41.2. The highest BCUT2D eigenvalue weighted by Crippen LogP contribution is 2.29. The molecule has 0 saturated carbocycles. The number of carbonyl (C=O) groups is 4. The van der Waals surface area contributed by atoms with Crippen LogP contribution in [0.15, 0.2) is 0 Å². The quantitative estimate of drug-likeness (QED) is 0.123. The number of carboxylic acids is 3. The number of nitrogens with zero attached hydrogens (tertiary/aromatic N) is 2. The van der Waals surface area contributed by atoms with Gasteiger partial charge in [-0.25, -0.2) is 9.59 Å². The molecular formula is C26H41F6N5O8S. The minimum Gasteiger partial charge on any atom is -0.481 e. The SMILES string of the molecule is N=C(NC(=O)[C@@H](N)CC(=O)O)N1CCC(OCC[C@H]2CCCCN2[C@H]2CCCSC2)CC1.O=C(O)C(F)(F)F.O=C(O)C(F)(F)F. The molecule has 7 N–H and O–H groups in total. The molecule has 3 rings (SSSR count). The van der Waals surface area contributed by atoms with Gasteiger partial charge in [0.1, 0.15) is 0 Å². The number of ether oxygens (including phenoxy) is 1. The predicted octanol–water partition coefficient (Wildman–Crippen LogP) is 2.73. The van der Waals surface area contributed by atoms with Crippen molar-refractivity contribution < 1.29 is 65.6 Å². The first-order valence-corrected chi connectivity index (χ1v) is 15.6. The molecule has 0 aromatic carbocycles. The molecule has 0 bridgehead atoms. The van der Waals surface area contributed by atoms with Gasteiger partial charge in [-0.1, -0.05) is 6.42 Å². The Morgan fingerprint density at radius 2 is 1.48 bits per heavy atom. The summed E-state index contributed by atoms with van der Waals surface area (Å²) in [7, 11) is 0. The van der Waals surface area contributed by atoms with Gasteiger partial charge >= 0.3 is 30.3 Å². The molecule has 3 fully saturated rings. The number of hydrogen-bond acceptors (Lipinski definition) is 9. The third-order valence-electron chi connectivity index (χ3n) is 7.30. The van der Waals surface area contributed by atoms with Crippen molar-refractivity contribution in [2.45, 2.75) is 94.4 Å². The Bertz CT molecular complexity index is 984. The second-order valence-corrected chi connectivity index (χ2v) is 11.9. The minimum absolute atomic E-state index is 0.0162. The summed E-state index contributed by atoms with van der Waals surface area (Å²) in [5.74, 6) is -4.71. The van der Waals surface area contributed by atoms with Crippen molar-refractivity contribution in [1.29, 1.82) is 5.41 Å². The molecule has 0 aromatic heterocycles. The Hall–Kier alpha value is -2.84. The molecule has 0 unspecified atom stereocenters. The molecular weight excluding hydrogens is 656 g/mol. The molecule has 13 nitrogen and oxygen atoms in total. The van der Waals surface area contributed by atoms with E-state index in [4.69, 9.17) is 40.8 Å². The zero-order chi connectivity index (χ0) is 35.1. The lowest BCUT2D eigenvalue weighted by Crippen LogP contribution is -2.52. The van der Waals surface area contributed by atoms with Gasteiger partial charge in [-0.2, -0.15) is 38.1 Å². The first-order chi connectivity index (χ1) is 21.3. The van der Waals surface area contributed by atoms with E-state index in [2.05, 4.69) is 22.0 Å². The lowest BCUT2D eigenvalue weighted by molar-refractivity contribution is -0.193. The van der Waals surface area contributed by atoms with Crippen LogP contribution in [-0.2, 0) is 23.9 Å². The summed E-state index contributed by atoms with van der Waals surface area (Å²) in [5, 5.41) is 33.5. The van der Waals surface area contributed by atoms with E-state index in [1.54, 1.807) is 4.90 Å². The monoisotopic (exact) mass is 697 g/mol. The van der Waals surface area contributed by atoms with Crippen LogP contribution >= 0.6 is 11.8 Å². The van der Waals surface area contributed by atoms with Crippen molar-refractivity contribution in [3.8, 4) is 0 Å². The van der Waals surface area contributed by atoms with Crippen molar-refractivity contribution in [1.82, 2.24) is 15.1 Å². The van der Waals surface area contributed by atoms with Gasteiger partial charge in [-0.3, -0.25) is 25.2 Å². The number of amides is 1. The number of rotatable bonds is 8. The van der Waals surface area contributed by atoms with Gasteiger partial charge in [-0.15, -0.1) is 0 Å². The highest BCUT2D eigenvalue weighted by Gasteiger charge is 2.39. The van der Waals surface area contributed by atoms with Crippen LogP contribution in [0, 0.1) is 5.41 Å². The van der Waals surface area contributed by atoms with Gasteiger partial charge in [0.2, 0.25) is 5.91 Å². The van der Waals surface area contributed by atoms with Gasteiger partial charge in [0.25, 0.3) is 0 Å². The van der Waals surface area contributed by atoms with E-state index in [1.807, 2.05) is 0 Å². The molecule has 3 atom stereocenters. The highest BCUT2D eigenvalue weighted by atomic mass is 32.2. The molecule has 3 aliphatic heterocycles. The van der Waals surface area contributed by atoms with Crippen LogP contribution in [-0.4, -0.2) is 129 Å². The Kier molecular flexibility index (Phi) is 17.7. The van der Waals surface area contributed by atoms with E-state index in [0.717, 1.165) is 31.9 Å². The third-order valence-corrected chi connectivity index (χ3v) is 8.50. The van der Waals surface area contributed by atoms with E-state index < -0.39 is 48.6 Å². The van der Waals surface area contributed by atoms with Crippen LogP contribution in [0.1, 0.15) is 57.8 Å². The molecule has 0 aliphatic carbocycles. The van der Waals surface area contributed by atoms with Crippen LogP contribution in [0.2, 0.25) is 0 Å². The smallest absolute Gasteiger partial charge is 0.481 e. The average molecular weight is 698 g/mol. The molecule has 3 saturated heterocycles. The van der Waals surface area contributed by atoms with Gasteiger partial charge < -0.3 is 30.7 Å². The summed E-state index contributed by atoms with van der Waals surface area (Å²) in [6.07, 6.45) is -1.11. The lowest BCUT2D eigenvalue weighted by atomic mass is 9.96. The van der Waals surface area contributed by atoms with E-state index in [0.29, 0.717) is 19.1 Å². The number of nitrogens with two attached hydrogens (primary N) is 1. The number of nitrogens with one attached hydrogen (secondary N) is 2. The topological polar surface area (TPSA) is 207 Å². The molecule has 266 valence electrons. The molecule has 3 heterocycles. The maximum absolute atomic E-state index is 11.9. The summed E-state index contributed by atoms with van der Waals surface area (Å²) < 4.78 is 69.7. The van der Waals surface area contributed by atoms with Crippen molar-refractivity contribution >= 4 is 41.5 Å². The molecule has 1 amide bonds. The summed E-state index contributed by atoms with van der Waals surface area (Å²) in [5.41, 5.74) is 5.56. The molecule has 3 aliphatic rings. The minimum atomic E-state index is -5.08. The second-order valence-electron chi connectivity index (χ2n) is 10.8. The number of hydrogen-bond donors (Lipinski definition) is 6. The van der Waals surface area contributed by atoms with Crippen LogP contribution in [0.5, 0.6) is 0 Å². The fraction of sp³-hybridized carbons (Fsp3) is 0.808. The van der Waals surface area contributed by atoms with Crippen LogP contribution in [0.25, 0.3) is 0 Å². The van der Waals surface area contributed by atoms with E-state index in [1.165, 1.54) is 50.2 Å². The molecule has 46 heavy (non-hydrogen) atoms. The summed E-state index contributed by atoms with van der Waals surface area (Å²) in [4.78, 5) is 45.0. The van der Waals surface area contributed by atoms with Gasteiger partial charge in [-0.05, 0) is 57.2 Å². The Morgan fingerprint density at radius 3 is 1.96 bits per heavy atom. The number of carboxylic acid groups (broad SMARTS) is 3. The number of guanidine groups is 1. The van der Waals surface area contributed by atoms with Crippen molar-refractivity contribution in [2.24, 2.45) is 5.73 Å². The van der Waals surface area contributed by atoms with Gasteiger partial charge in [0, 0.05) is 37.5 Å². The fourth-order valence-electron chi connectivity index (χ4n) is 4.98. The maximum Gasteiger partial charge on any atom is 0.490 e. The summed E-state index contributed by atoms with van der Waals surface area (Å²) >= 11 is 2.10. The number of piperidine rings is 2. The normalized spacial score (nSPS) is 21.8. The lowest BCUT2D eigenvalue weighted by Gasteiger charge is -2.43. The highest BCUT2D eigenvalue weighted by molar-refractivity contribution is 7.99. The number of halogens is 6. The van der Waals surface area contributed by atoms with Crippen molar-refractivity contribution in [3.63, 3.8) is 0 Å². The largest absolute Gasteiger partial charge is 0.490 e. The average Bonchev–Trinajstić information content (AvgIpc) is 2.97. The van der Waals surface area contributed by atoms with Crippen LogP contribution in [0.3, 0.4) is 0 Å². The van der Waals surface area contributed by atoms with E-state index in [-0.39, 0.29) is 12.1 Å². The Morgan fingerprint density at radius 1 is 0.913 bits per heavy atom. The summed E-state index contributed by atoms with van der Waals surface area (Å²) in [6, 6.07) is 0.235. The Labute approximate surface area is 265 Å². The fourth-order valence-corrected chi connectivity index (χ4v) is 6.15. The molecule has 0 radical (unpaired) electrons. The Balaban J connectivity index is 0.000000629. The van der Waals surface area contributed by atoms with E-state index in [9.17, 15) is 35.9 Å². The van der Waals surface area contributed by atoms with Gasteiger partial charge in [0.05, 0.1) is 18.6 Å². The maximum atomic E-state index is 11.9. The zero-order valence-electron chi connectivity index (χ0n) is 24.9. The zero-order valence-corrected chi connectivity index (χ0v) is 25.8. The first-order valence-electron chi connectivity index (χ1n) is 14.5. The third kappa shape index (κ3) is 16.1. The van der Waals surface area contributed by atoms with Crippen LogP contribution < -0.4 is 11.1 Å².